The Hall–Kier alpha value is -4.02. The fraction of sp³-hybridized carbons (Fsp3) is 0.417. The van der Waals surface area contributed by atoms with Crippen molar-refractivity contribution in [3.8, 4) is 5.75 Å². The number of hydrogen-bond acceptors (Lipinski definition) is 9. The summed E-state index contributed by atoms with van der Waals surface area (Å²) in [5, 5.41) is 5.50. The number of ether oxygens (including phenoxy) is 2. The number of para-hydroxylation sites is 1. The first-order valence-corrected chi connectivity index (χ1v) is 17.9. The van der Waals surface area contributed by atoms with Crippen LogP contribution >= 0.6 is 7.75 Å². The Kier molecular flexibility index (Phi) is 10.7. The number of hydrogen-bond donors (Lipinski definition) is 2. The molecule has 2 heterocycles. The van der Waals surface area contributed by atoms with Gasteiger partial charge in [-0.2, -0.15) is 5.09 Å². The quantitative estimate of drug-likeness (QED) is 0.0880. The van der Waals surface area contributed by atoms with E-state index in [0.717, 1.165) is 27.2 Å². The lowest BCUT2D eigenvalue weighted by atomic mass is 10.1. The molecule has 0 radical (unpaired) electrons. The van der Waals surface area contributed by atoms with Crippen LogP contribution in [0.3, 0.4) is 0 Å². The molecule has 0 spiro atoms. The third kappa shape index (κ3) is 7.81. The first kappa shape index (κ1) is 35.3. The lowest BCUT2D eigenvalue weighted by Crippen LogP contribution is -2.44. The Labute approximate surface area is 281 Å². The molecule has 48 heavy (non-hydrogen) atoms. The van der Waals surface area contributed by atoms with Gasteiger partial charge in [0.2, 0.25) is 0 Å². The highest BCUT2D eigenvalue weighted by Crippen LogP contribution is 2.48. The monoisotopic (exact) mass is 675 g/mol. The van der Waals surface area contributed by atoms with Gasteiger partial charge in [-0.15, -0.1) is 0 Å². The number of nitrogens with two attached hydrogens (primary N) is 1. The Morgan fingerprint density at radius 3 is 2.35 bits per heavy atom. The molecule has 0 saturated carbocycles. The predicted octanol–water partition coefficient (Wildman–Crippen LogP) is 7.97. The third-order valence-corrected chi connectivity index (χ3v) is 9.45. The molecule has 3 aromatic carbocycles. The van der Waals surface area contributed by atoms with E-state index in [1.54, 1.807) is 26.8 Å². The molecule has 12 heteroatoms. The van der Waals surface area contributed by atoms with Gasteiger partial charge in [0.05, 0.1) is 23.7 Å². The second-order valence-electron chi connectivity index (χ2n) is 13.1. The topological polar surface area (TPSA) is 140 Å². The van der Waals surface area contributed by atoms with Gasteiger partial charge in [-0.1, -0.05) is 75.4 Å². The van der Waals surface area contributed by atoms with Crippen LogP contribution in [0.15, 0.2) is 66.7 Å². The normalized spacial score (nSPS) is 14.8. The molecule has 5 aromatic rings. The van der Waals surface area contributed by atoms with E-state index in [0.29, 0.717) is 35.9 Å². The molecule has 0 aliphatic carbocycles. The fourth-order valence-electron chi connectivity index (χ4n) is 5.62. The molecule has 0 saturated heterocycles. The largest absolute Gasteiger partial charge is 0.459 e. The van der Waals surface area contributed by atoms with Crippen molar-refractivity contribution >= 4 is 52.2 Å². The van der Waals surface area contributed by atoms with E-state index in [1.807, 2.05) is 92.9 Å². The lowest BCUT2D eigenvalue weighted by Gasteiger charge is -2.30. The average molecular weight is 676 g/mol. The van der Waals surface area contributed by atoms with Crippen LogP contribution in [-0.2, 0) is 30.0 Å². The van der Waals surface area contributed by atoms with Crippen LogP contribution in [0.4, 0.5) is 5.82 Å². The highest BCUT2D eigenvalue weighted by molar-refractivity contribution is 7.52. The first-order valence-electron chi connectivity index (χ1n) is 16.4. The van der Waals surface area contributed by atoms with Gasteiger partial charge in [0.25, 0.3) is 0 Å². The van der Waals surface area contributed by atoms with Crippen LogP contribution in [0.1, 0.15) is 66.8 Å². The van der Waals surface area contributed by atoms with Gasteiger partial charge in [0.1, 0.15) is 35.3 Å². The summed E-state index contributed by atoms with van der Waals surface area (Å²) in [7, 11) is -4.25. The average Bonchev–Trinajstić information content (AvgIpc) is 3.42. The van der Waals surface area contributed by atoms with Crippen molar-refractivity contribution in [3.05, 3.63) is 72.6 Å². The molecule has 0 aliphatic heterocycles. The zero-order valence-corrected chi connectivity index (χ0v) is 29.6. The first-order chi connectivity index (χ1) is 22.8. The molecular formula is C36H46N5O6P. The molecule has 3 N–H and O–H groups in total. The third-order valence-electron chi connectivity index (χ3n) is 7.93. The number of rotatable bonds is 14. The number of anilines is 1. The standard InChI is InChI=1S/C36H46N5O6P/c1-8-25(41-30(22-44-9-2)39-32-33(41)27-18-12-13-19-28(27)38-34(32)37)21-45-48(43,40-31(23(3)4)35(42)46-36(5,6)7)47-29-20-14-16-24-15-10-11-17-26(24)29/h10-20,23,25,31H,8-9,21-22H2,1-7H3,(H2,37,38)(H,40,43)/t25-,31-,48-/m0/s1. The van der Waals surface area contributed by atoms with Crippen molar-refractivity contribution in [1.82, 2.24) is 19.6 Å². The van der Waals surface area contributed by atoms with Crippen LogP contribution in [0.25, 0.3) is 32.7 Å². The molecule has 0 bridgehead atoms. The highest BCUT2D eigenvalue weighted by Gasteiger charge is 2.38. The van der Waals surface area contributed by atoms with Gasteiger partial charge in [-0.25, -0.2) is 14.5 Å². The summed E-state index contributed by atoms with van der Waals surface area (Å²) in [6.07, 6.45) is 0.578. The fourth-order valence-corrected chi connectivity index (χ4v) is 7.33. The Morgan fingerprint density at radius 1 is 0.979 bits per heavy atom. The van der Waals surface area contributed by atoms with Crippen LogP contribution in [0.2, 0.25) is 0 Å². The minimum absolute atomic E-state index is 0.0498. The summed E-state index contributed by atoms with van der Waals surface area (Å²) in [6, 6.07) is 19.5. The van der Waals surface area contributed by atoms with E-state index in [4.69, 9.17) is 29.2 Å². The second-order valence-corrected chi connectivity index (χ2v) is 14.7. The molecule has 0 aliphatic rings. The van der Waals surface area contributed by atoms with E-state index in [-0.39, 0.29) is 25.2 Å². The summed E-state index contributed by atoms with van der Waals surface area (Å²) in [5.74, 6) is 0.452. The van der Waals surface area contributed by atoms with Crippen molar-refractivity contribution in [1.29, 1.82) is 0 Å². The SMILES string of the molecule is CCOCc1nc2c(N)nc3ccccc3c2n1[C@@H](CC)CO[P@@](=O)(N[C@H](C(=O)OC(C)(C)C)C(C)C)Oc1cccc2ccccc12. The van der Waals surface area contributed by atoms with E-state index in [9.17, 15) is 9.36 Å². The molecule has 2 aromatic heterocycles. The lowest BCUT2D eigenvalue weighted by molar-refractivity contribution is -0.158. The molecule has 0 amide bonds. The van der Waals surface area contributed by atoms with Crippen molar-refractivity contribution < 1.29 is 27.9 Å². The maximum atomic E-state index is 14.9. The van der Waals surface area contributed by atoms with Crippen molar-refractivity contribution in [3.63, 3.8) is 0 Å². The summed E-state index contributed by atoms with van der Waals surface area (Å²) >= 11 is 0. The highest BCUT2D eigenvalue weighted by atomic mass is 31.2. The minimum atomic E-state index is -4.25. The Bertz CT molecular complexity index is 1950. The maximum Gasteiger partial charge on any atom is 0.459 e. The van der Waals surface area contributed by atoms with Gasteiger partial charge in [-0.05, 0) is 57.6 Å². The zero-order valence-electron chi connectivity index (χ0n) is 28.7. The number of pyridine rings is 1. The number of aromatic nitrogens is 3. The van der Waals surface area contributed by atoms with Gasteiger partial charge >= 0.3 is 13.7 Å². The van der Waals surface area contributed by atoms with Crippen LogP contribution in [0.5, 0.6) is 5.75 Å². The second kappa shape index (κ2) is 14.6. The molecule has 11 nitrogen and oxygen atoms in total. The Morgan fingerprint density at radius 2 is 1.67 bits per heavy atom. The zero-order chi connectivity index (χ0) is 34.6. The van der Waals surface area contributed by atoms with Gasteiger partial charge in [0, 0.05) is 17.4 Å². The molecular weight excluding hydrogens is 629 g/mol. The van der Waals surface area contributed by atoms with Gasteiger partial charge in [0.15, 0.2) is 5.82 Å². The van der Waals surface area contributed by atoms with Gasteiger partial charge in [-0.3, -0.25) is 9.32 Å². The van der Waals surface area contributed by atoms with Crippen LogP contribution in [-0.4, -0.2) is 45.4 Å². The molecule has 256 valence electrons. The summed E-state index contributed by atoms with van der Waals surface area (Å²) < 4.78 is 41.2. The Balaban J connectivity index is 1.58. The predicted molar refractivity (Wildman–Crippen MR) is 190 cm³/mol. The van der Waals surface area contributed by atoms with Crippen molar-refractivity contribution in [2.45, 2.75) is 79.2 Å². The summed E-state index contributed by atoms with van der Waals surface area (Å²) in [4.78, 5) is 22.9. The number of esters is 1. The van der Waals surface area contributed by atoms with E-state index in [2.05, 4.69) is 10.1 Å². The molecule has 5 rings (SSSR count). The number of fused-ring (bicyclic) bond motifs is 4. The van der Waals surface area contributed by atoms with Crippen LogP contribution in [0, 0.1) is 5.92 Å². The smallest absolute Gasteiger partial charge is 0.459 e. The number of carbonyl (C=O) groups is 1. The number of nitrogens with one attached hydrogen (secondary N) is 1. The number of benzene rings is 3. The summed E-state index contributed by atoms with van der Waals surface area (Å²) in [6.45, 7) is 13.7. The number of nitrogens with zero attached hydrogens (tertiary/aromatic N) is 3. The van der Waals surface area contributed by atoms with Crippen molar-refractivity contribution in [2.75, 3.05) is 18.9 Å². The molecule has 3 atom stereocenters. The number of carbonyl (C=O) groups excluding carboxylic acids is 1. The van der Waals surface area contributed by atoms with Crippen LogP contribution < -0.4 is 15.3 Å². The minimum Gasteiger partial charge on any atom is -0.459 e. The van der Waals surface area contributed by atoms with E-state index in [1.165, 1.54) is 0 Å². The molecule has 0 fully saturated rings. The van der Waals surface area contributed by atoms with E-state index >= 15 is 0 Å². The molecule has 0 unspecified atom stereocenters. The van der Waals surface area contributed by atoms with Gasteiger partial charge < -0.3 is 24.3 Å². The maximum absolute atomic E-state index is 14.9. The van der Waals surface area contributed by atoms with E-state index < -0.39 is 25.4 Å². The number of imidazole rings is 1. The number of nitrogen functional groups attached to an aromatic ring is 1. The van der Waals surface area contributed by atoms with Crippen molar-refractivity contribution in [2.24, 2.45) is 5.92 Å². The summed E-state index contributed by atoms with van der Waals surface area (Å²) in [5.41, 5.74) is 7.75.